The van der Waals surface area contributed by atoms with Crippen molar-refractivity contribution in [2.75, 3.05) is 11.9 Å². The fraction of sp³-hybridized carbons (Fsp3) is 0.333. The minimum absolute atomic E-state index is 0.0406. The summed E-state index contributed by atoms with van der Waals surface area (Å²) in [4.78, 5) is 48.5. The lowest BCUT2D eigenvalue weighted by Gasteiger charge is -2.30. The van der Waals surface area contributed by atoms with Gasteiger partial charge in [-0.1, -0.05) is 24.1 Å². The van der Waals surface area contributed by atoms with Crippen LogP contribution in [0.2, 0.25) is 0 Å². The molecule has 2 aliphatic heterocycles. The Morgan fingerprint density at radius 1 is 1.33 bits per heavy atom. The van der Waals surface area contributed by atoms with Crippen LogP contribution >= 0.6 is 0 Å². The molecule has 1 spiro atoms. The van der Waals surface area contributed by atoms with E-state index in [1.807, 2.05) is 18.2 Å². The van der Waals surface area contributed by atoms with Gasteiger partial charge in [0, 0.05) is 30.2 Å². The maximum absolute atomic E-state index is 14.8. The Bertz CT molecular complexity index is 1390. The average molecular weight is 488 g/mol. The minimum Gasteiger partial charge on any atom is -0.339 e. The number of alkyl halides is 1. The molecule has 2 aliphatic rings. The van der Waals surface area contributed by atoms with E-state index >= 15 is 0 Å². The van der Waals surface area contributed by atoms with Crippen molar-refractivity contribution < 1.29 is 18.8 Å². The number of rotatable bonds is 5. The summed E-state index contributed by atoms with van der Waals surface area (Å²) < 4.78 is 14.8. The summed E-state index contributed by atoms with van der Waals surface area (Å²) in [6, 6.07) is 10.6. The number of para-hydroxylation sites is 1. The monoisotopic (exact) mass is 487 g/mol. The van der Waals surface area contributed by atoms with E-state index in [0.717, 1.165) is 10.9 Å². The van der Waals surface area contributed by atoms with Crippen molar-refractivity contribution in [2.45, 2.75) is 49.9 Å². The fourth-order valence-corrected chi connectivity index (χ4v) is 5.22. The van der Waals surface area contributed by atoms with Crippen LogP contribution in [0.15, 0.2) is 48.7 Å². The molecular formula is C27H26FN5O3. The number of aromatic amines is 1. The van der Waals surface area contributed by atoms with Crippen molar-refractivity contribution in [3.8, 4) is 12.3 Å². The Hall–Kier alpha value is -4.19. The first-order valence-corrected chi connectivity index (χ1v) is 11.7. The Balaban J connectivity index is 1.44. The van der Waals surface area contributed by atoms with E-state index in [1.54, 1.807) is 30.5 Å². The molecule has 36 heavy (non-hydrogen) atoms. The number of pyridine rings is 1. The van der Waals surface area contributed by atoms with Crippen LogP contribution < -0.4 is 10.6 Å². The molecule has 1 fully saturated rings. The molecule has 8 nitrogen and oxygen atoms in total. The molecule has 1 saturated heterocycles. The molecule has 0 radical (unpaired) electrons. The fourth-order valence-electron chi connectivity index (χ4n) is 5.22. The Kier molecular flexibility index (Phi) is 5.55. The highest BCUT2D eigenvalue weighted by molar-refractivity contribution is 6.07. The van der Waals surface area contributed by atoms with E-state index in [-0.39, 0.29) is 31.0 Å². The second-order valence-electron chi connectivity index (χ2n) is 10.0. The Morgan fingerprint density at radius 3 is 2.83 bits per heavy atom. The number of hydrogen-bond donors (Lipinski definition) is 3. The maximum atomic E-state index is 14.8. The molecule has 5 rings (SSSR count). The highest BCUT2D eigenvalue weighted by Gasteiger charge is 2.56. The predicted molar refractivity (Wildman–Crippen MR) is 133 cm³/mol. The zero-order chi connectivity index (χ0) is 25.7. The highest BCUT2D eigenvalue weighted by atomic mass is 19.1. The van der Waals surface area contributed by atoms with E-state index in [0.29, 0.717) is 11.3 Å². The van der Waals surface area contributed by atoms with Crippen LogP contribution in [0.3, 0.4) is 0 Å². The first kappa shape index (κ1) is 23.5. The van der Waals surface area contributed by atoms with Gasteiger partial charge in [0.15, 0.2) is 0 Å². The van der Waals surface area contributed by atoms with E-state index in [2.05, 4.69) is 26.5 Å². The first-order chi connectivity index (χ1) is 17.1. The lowest BCUT2D eigenvalue weighted by atomic mass is 9.79. The van der Waals surface area contributed by atoms with Crippen LogP contribution in [-0.2, 0) is 15.0 Å². The smallest absolute Gasteiger partial charge is 0.268 e. The summed E-state index contributed by atoms with van der Waals surface area (Å²) in [6.07, 6.45) is 7.37. The number of carbonyl (C=O) groups excluding carboxylic acids is 3. The molecule has 1 aromatic carbocycles. The van der Waals surface area contributed by atoms with Crippen LogP contribution in [0.1, 0.15) is 42.7 Å². The standard InChI is InChI=1S/C27H26FN5O3/c1-4-17-13-27(18-9-5-6-10-19(18)32-25(27)36)15-33(17)24(35)21(14-26(2,3)28)31-23(34)20-12-16-8-7-11-29-22(16)30-20/h1,5-12,17,21H,13-15H2,2-3H3,(H,29,30)(H,31,34)(H,32,36)/t17-,21+,27+/m1/s1. The molecule has 9 heteroatoms. The molecule has 0 unspecified atom stereocenters. The lowest BCUT2D eigenvalue weighted by molar-refractivity contribution is -0.134. The van der Waals surface area contributed by atoms with Crippen LogP contribution in [0.4, 0.5) is 10.1 Å². The van der Waals surface area contributed by atoms with Gasteiger partial charge in [-0.15, -0.1) is 6.42 Å². The van der Waals surface area contributed by atoms with Gasteiger partial charge < -0.3 is 20.5 Å². The van der Waals surface area contributed by atoms with Gasteiger partial charge in [-0.05, 0) is 50.1 Å². The summed E-state index contributed by atoms with van der Waals surface area (Å²) in [7, 11) is 0. The third kappa shape index (κ3) is 3.98. The molecule has 3 atom stereocenters. The molecule has 2 aromatic heterocycles. The van der Waals surface area contributed by atoms with Gasteiger partial charge in [-0.3, -0.25) is 14.4 Å². The van der Waals surface area contributed by atoms with Gasteiger partial charge in [0.05, 0.1) is 11.5 Å². The van der Waals surface area contributed by atoms with Crippen molar-refractivity contribution in [3.05, 3.63) is 59.9 Å². The zero-order valence-corrected chi connectivity index (χ0v) is 20.0. The topological polar surface area (TPSA) is 107 Å². The van der Waals surface area contributed by atoms with Crippen molar-refractivity contribution in [3.63, 3.8) is 0 Å². The van der Waals surface area contributed by atoms with E-state index < -0.39 is 35.0 Å². The molecule has 0 aliphatic carbocycles. The van der Waals surface area contributed by atoms with Gasteiger partial charge in [-0.25, -0.2) is 9.37 Å². The number of fused-ring (bicyclic) bond motifs is 3. The number of nitrogens with one attached hydrogen (secondary N) is 3. The molecule has 4 heterocycles. The Labute approximate surface area is 207 Å². The number of hydrogen-bond acceptors (Lipinski definition) is 4. The van der Waals surface area contributed by atoms with E-state index in [4.69, 9.17) is 6.42 Å². The largest absolute Gasteiger partial charge is 0.339 e. The number of aromatic nitrogens is 2. The normalized spacial score (nSPS) is 21.8. The number of anilines is 1. The number of amides is 3. The molecule has 184 valence electrons. The Morgan fingerprint density at radius 2 is 2.11 bits per heavy atom. The maximum Gasteiger partial charge on any atom is 0.268 e. The molecule has 0 bridgehead atoms. The number of halogens is 1. The summed E-state index contributed by atoms with van der Waals surface area (Å²) in [5.74, 6) is 1.30. The lowest BCUT2D eigenvalue weighted by Crippen LogP contribution is -2.52. The predicted octanol–water partition coefficient (Wildman–Crippen LogP) is 2.92. The summed E-state index contributed by atoms with van der Waals surface area (Å²) in [6.45, 7) is 2.73. The SMILES string of the molecule is C#C[C@@H]1C[C@@]2(CN1C(=O)[C@H](CC(C)(C)F)NC(=O)c1cc3cccnc3[nH]1)C(=O)Nc1ccccc12. The van der Waals surface area contributed by atoms with Crippen LogP contribution in [0.25, 0.3) is 11.0 Å². The van der Waals surface area contributed by atoms with E-state index in [1.165, 1.54) is 18.7 Å². The van der Waals surface area contributed by atoms with Gasteiger partial charge in [0.1, 0.15) is 23.1 Å². The van der Waals surface area contributed by atoms with Crippen molar-refractivity contribution in [1.29, 1.82) is 0 Å². The molecule has 3 amide bonds. The summed E-state index contributed by atoms with van der Waals surface area (Å²) >= 11 is 0. The van der Waals surface area contributed by atoms with Crippen LogP contribution in [0, 0.1) is 12.3 Å². The quantitative estimate of drug-likeness (QED) is 0.481. The average Bonchev–Trinajstić information content (AvgIpc) is 3.52. The molecule has 3 N–H and O–H groups in total. The third-order valence-electron chi connectivity index (χ3n) is 6.89. The van der Waals surface area contributed by atoms with Crippen LogP contribution in [0.5, 0.6) is 0 Å². The third-order valence-corrected chi connectivity index (χ3v) is 6.89. The second-order valence-corrected chi connectivity index (χ2v) is 10.0. The van der Waals surface area contributed by atoms with Gasteiger partial charge in [0.25, 0.3) is 5.91 Å². The second kappa shape index (κ2) is 8.48. The van der Waals surface area contributed by atoms with Gasteiger partial charge in [-0.2, -0.15) is 0 Å². The van der Waals surface area contributed by atoms with E-state index in [9.17, 15) is 18.8 Å². The highest BCUT2D eigenvalue weighted by Crippen LogP contribution is 2.46. The van der Waals surface area contributed by atoms with Crippen LogP contribution in [-0.4, -0.2) is 56.9 Å². The van der Waals surface area contributed by atoms with Crippen molar-refractivity contribution in [1.82, 2.24) is 20.2 Å². The number of benzene rings is 1. The zero-order valence-electron chi connectivity index (χ0n) is 20.0. The molecular weight excluding hydrogens is 461 g/mol. The van der Waals surface area contributed by atoms with Gasteiger partial charge in [0.2, 0.25) is 11.8 Å². The minimum atomic E-state index is -1.75. The summed E-state index contributed by atoms with van der Waals surface area (Å²) in [5.41, 5.74) is -0.552. The molecule has 3 aromatic rings. The number of likely N-dealkylation sites (tertiary alicyclic amines) is 1. The summed E-state index contributed by atoms with van der Waals surface area (Å²) in [5, 5.41) is 6.30. The number of terminal acetylenes is 1. The van der Waals surface area contributed by atoms with Crippen molar-refractivity contribution >= 4 is 34.4 Å². The first-order valence-electron chi connectivity index (χ1n) is 11.7. The van der Waals surface area contributed by atoms with Gasteiger partial charge >= 0.3 is 0 Å². The molecule has 0 saturated carbocycles. The van der Waals surface area contributed by atoms with Crippen molar-refractivity contribution in [2.24, 2.45) is 0 Å². The number of carbonyl (C=O) groups is 3. The number of H-pyrrole nitrogens is 1. The number of nitrogens with zero attached hydrogens (tertiary/aromatic N) is 2.